The van der Waals surface area contributed by atoms with Crippen LogP contribution in [0.3, 0.4) is 0 Å². The Morgan fingerprint density at radius 2 is 2.07 bits per heavy atom. The van der Waals surface area contributed by atoms with E-state index in [4.69, 9.17) is 9.47 Å². The molecule has 1 saturated carbocycles. The van der Waals surface area contributed by atoms with Crippen LogP contribution in [0.2, 0.25) is 0 Å². The second-order valence-corrected chi connectivity index (χ2v) is 7.60. The molecule has 2 fully saturated rings. The lowest BCUT2D eigenvalue weighted by atomic mass is 9.82. The summed E-state index contributed by atoms with van der Waals surface area (Å²) >= 11 is 0. The highest BCUT2D eigenvalue weighted by Crippen LogP contribution is 2.41. The Morgan fingerprint density at radius 3 is 2.70 bits per heavy atom. The molecule has 0 aromatic carbocycles. The second-order valence-electron chi connectivity index (χ2n) is 7.60. The molecule has 0 amide bonds. The van der Waals surface area contributed by atoms with Crippen molar-refractivity contribution in [3.63, 3.8) is 0 Å². The van der Waals surface area contributed by atoms with Crippen LogP contribution in [0.15, 0.2) is 6.07 Å². The van der Waals surface area contributed by atoms with E-state index in [9.17, 15) is 4.79 Å². The van der Waals surface area contributed by atoms with Crippen LogP contribution in [0.5, 0.6) is 0 Å². The Kier molecular flexibility index (Phi) is 5.29. The summed E-state index contributed by atoms with van der Waals surface area (Å²) in [7, 11) is 1.76. The van der Waals surface area contributed by atoms with Crippen molar-refractivity contribution < 1.29 is 14.3 Å². The topological polar surface area (TPSA) is 80.3 Å². The number of pyridine rings is 1. The van der Waals surface area contributed by atoms with Crippen molar-refractivity contribution in [1.82, 2.24) is 15.2 Å². The number of hydrogen-bond acceptors (Lipinski definition) is 6. The highest BCUT2D eigenvalue weighted by molar-refractivity contribution is 5.98. The van der Waals surface area contributed by atoms with Gasteiger partial charge in [-0.2, -0.15) is 5.10 Å². The average Bonchev–Trinajstić information content (AvgIpc) is 3.04. The van der Waals surface area contributed by atoms with Crippen LogP contribution in [0, 0.1) is 5.92 Å². The van der Waals surface area contributed by atoms with Crippen molar-refractivity contribution in [2.75, 3.05) is 38.3 Å². The van der Waals surface area contributed by atoms with Crippen LogP contribution in [-0.4, -0.2) is 54.6 Å². The van der Waals surface area contributed by atoms with Crippen LogP contribution in [-0.2, 0) is 9.47 Å². The fourth-order valence-electron chi connectivity index (χ4n) is 4.15. The molecule has 4 rings (SSSR count). The summed E-state index contributed by atoms with van der Waals surface area (Å²) in [6.07, 6.45) is 5.81. The number of fused-ring (bicyclic) bond motifs is 1. The Hall–Kier alpha value is -2.15. The molecule has 0 bridgehead atoms. The lowest BCUT2D eigenvalue weighted by molar-refractivity contribution is 0.0520. The maximum absolute atomic E-state index is 12.3. The third kappa shape index (κ3) is 3.52. The van der Waals surface area contributed by atoms with E-state index in [-0.39, 0.29) is 5.97 Å². The zero-order valence-electron chi connectivity index (χ0n) is 16.2. The molecule has 27 heavy (non-hydrogen) atoms. The van der Waals surface area contributed by atoms with Crippen LogP contribution in [0.25, 0.3) is 11.0 Å². The first-order chi connectivity index (χ1) is 13.2. The summed E-state index contributed by atoms with van der Waals surface area (Å²) in [5.41, 5.74) is 3.20. The van der Waals surface area contributed by atoms with Gasteiger partial charge in [0, 0.05) is 38.4 Å². The molecule has 146 valence electrons. The molecule has 2 aliphatic rings. The number of rotatable bonds is 6. The van der Waals surface area contributed by atoms with E-state index in [1.54, 1.807) is 14.0 Å². The summed E-state index contributed by atoms with van der Waals surface area (Å²) in [4.78, 5) is 19.2. The van der Waals surface area contributed by atoms with Crippen molar-refractivity contribution in [2.45, 2.75) is 44.9 Å². The van der Waals surface area contributed by atoms with Crippen LogP contribution >= 0.6 is 0 Å². The van der Waals surface area contributed by atoms with Gasteiger partial charge in [-0.25, -0.2) is 9.78 Å². The molecule has 7 nitrogen and oxygen atoms in total. The fourth-order valence-corrected chi connectivity index (χ4v) is 4.15. The standard InChI is InChI=1S/C20H28N4O3/c1-3-27-20(25)15-11-16(24-9-7-13(8-10-24)12-26-2)17-18(14-5-4-6-14)22-23-19(17)21-15/h11,13-14H,3-10,12H2,1-2H3,(H,21,22,23). The van der Waals surface area contributed by atoms with Crippen LogP contribution in [0.4, 0.5) is 5.69 Å². The van der Waals surface area contributed by atoms with Gasteiger partial charge >= 0.3 is 5.97 Å². The number of H-pyrrole nitrogens is 1. The highest BCUT2D eigenvalue weighted by Gasteiger charge is 2.29. The first kappa shape index (κ1) is 18.2. The molecule has 0 atom stereocenters. The Labute approximate surface area is 159 Å². The minimum absolute atomic E-state index is 0.337. The summed E-state index contributed by atoms with van der Waals surface area (Å²) in [6.45, 7) is 4.85. The summed E-state index contributed by atoms with van der Waals surface area (Å²) < 4.78 is 10.5. The first-order valence-corrected chi connectivity index (χ1v) is 10.0. The van der Waals surface area contributed by atoms with Crippen molar-refractivity contribution >= 4 is 22.7 Å². The number of hydrogen-bond donors (Lipinski definition) is 1. The number of carbonyl (C=O) groups excluding carboxylic acids is 1. The molecule has 2 aromatic heterocycles. The number of piperidine rings is 1. The van der Waals surface area contributed by atoms with Gasteiger partial charge in [-0.15, -0.1) is 0 Å². The van der Waals surface area contributed by atoms with E-state index in [1.807, 2.05) is 6.07 Å². The van der Waals surface area contributed by atoms with Gasteiger partial charge in [-0.05, 0) is 44.6 Å². The van der Waals surface area contributed by atoms with Crippen LogP contribution in [0.1, 0.15) is 61.1 Å². The SMILES string of the molecule is CCOC(=O)c1cc(N2CCC(COC)CC2)c2c(C3CCC3)[nH]nc2n1. The Bertz CT molecular complexity index is 807. The van der Waals surface area contributed by atoms with Gasteiger partial charge in [0.25, 0.3) is 0 Å². The van der Waals surface area contributed by atoms with Crippen molar-refractivity contribution in [3.8, 4) is 0 Å². The number of aromatic nitrogens is 3. The van der Waals surface area contributed by atoms with E-state index in [2.05, 4.69) is 20.1 Å². The smallest absolute Gasteiger partial charge is 0.357 e. The maximum Gasteiger partial charge on any atom is 0.357 e. The zero-order valence-corrected chi connectivity index (χ0v) is 16.2. The maximum atomic E-state index is 12.3. The minimum Gasteiger partial charge on any atom is -0.461 e. The van der Waals surface area contributed by atoms with Crippen molar-refractivity contribution in [1.29, 1.82) is 0 Å². The number of methoxy groups -OCH3 is 1. The Morgan fingerprint density at radius 1 is 1.30 bits per heavy atom. The highest BCUT2D eigenvalue weighted by atomic mass is 16.5. The monoisotopic (exact) mass is 372 g/mol. The number of esters is 1. The third-order valence-corrected chi connectivity index (χ3v) is 5.89. The number of anilines is 1. The van der Waals surface area contributed by atoms with Gasteiger partial charge in [0.2, 0.25) is 0 Å². The van der Waals surface area contributed by atoms with Gasteiger partial charge in [0.15, 0.2) is 11.3 Å². The zero-order chi connectivity index (χ0) is 18.8. The molecule has 2 aromatic rings. The molecule has 1 N–H and O–H groups in total. The molecule has 1 aliphatic heterocycles. The molecule has 0 radical (unpaired) electrons. The van der Waals surface area contributed by atoms with Crippen molar-refractivity contribution in [3.05, 3.63) is 17.5 Å². The quantitative estimate of drug-likeness (QED) is 0.784. The van der Waals surface area contributed by atoms with Crippen molar-refractivity contribution in [2.24, 2.45) is 5.92 Å². The first-order valence-electron chi connectivity index (χ1n) is 10.0. The number of nitrogens with zero attached hydrogens (tertiary/aromatic N) is 3. The normalized spacial score (nSPS) is 18.7. The molecular formula is C20H28N4O3. The van der Waals surface area contributed by atoms with Gasteiger partial charge in [0.05, 0.1) is 17.7 Å². The Balaban J connectivity index is 1.71. The third-order valence-electron chi connectivity index (χ3n) is 5.89. The van der Waals surface area contributed by atoms with Gasteiger partial charge < -0.3 is 14.4 Å². The van der Waals surface area contributed by atoms with E-state index in [1.165, 1.54) is 25.0 Å². The van der Waals surface area contributed by atoms with E-state index in [0.717, 1.165) is 43.6 Å². The molecule has 3 heterocycles. The lowest BCUT2D eigenvalue weighted by Gasteiger charge is -2.34. The van der Waals surface area contributed by atoms with Gasteiger partial charge in [-0.1, -0.05) is 6.42 Å². The second kappa shape index (κ2) is 7.84. The van der Waals surface area contributed by atoms with Crippen LogP contribution < -0.4 is 4.90 Å². The molecule has 0 unspecified atom stereocenters. The number of aromatic amines is 1. The van der Waals surface area contributed by atoms with E-state index < -0.39 is 0 Å². The molecule has 1 aliphatic carbocycles. The minimum atomic E-state index is -0.386. The van der Waals surface area contributed by atoms with Gasteiger partial charge in [0.1, 0.15) is 0 Å². The lowest BCUT2D eigenvalue weighted by Crippen LogP contribution is -2.35. The molecular weight excluding hydrogens is 344 g/mol. The summed E-state index contributed by atoms with van der Waals surface area (Å²) in [5.74, 6) is 0.738. The van der Waals surface area contributed by atoms with Gasteiger partial charge in [-0.3, -0.25) is 5.10 Å². The summed E-state index contributed by atoms with van der Waals surface area (Å²) in [5, 5.41) is 8.73. The average molecular weight is 372 g/mol. The van der Waals surface area contributed by atoms with E-state index in [0.29, 0.717) is 29.8 Å². The van der Waals surface area contributed by atoms with E-state index >= 15 is 0 Å². The number of nitrogens with one attached hydrogen (secondary N) is 1. The predicted molar refractivity (Wildman–Crippen MR) is 103 cm³/mol. The number of carbonyl (C=O) groups is 1. The largest absolute Gasteiger partial charge is 0.461 e. The number of ether oxygens (including phenoxy) is 2. The summed E-state index contributed by atoms with van der Waals surface area (Å²) in [6, 6.07) is 1.90. The molecule has 7 heteroatoms. The fraction of sp³-hybridized carbons (Fsp3) is 0.650. The molecule has 0 spiro atoms. The molecule has 1 saturated heterocycles. The predicted octanol–water partition coefficient (Wildman–Crippen LogP) is 3.26.